The molecule has 154 valence electrons. The highest BCUT2D eigenvalue weighted by Crippen LogP contribution is 2.25. The van der Waals surface area contributed by atoms with Crippen molar-refractivity contribution in [3.63, 3.8) is 0 Å². The van der Waals surface area contributed by atoms with E-state index in [0.717, 1.165) is 18.7 Å². The highest BCUT2D eigenvalue weighted by molar-refractivity contribution is 5.96. The van der Waals surface area contributed by atoms with Gasteiger partial charge in [-0.3, -0.25) is 10.1 Å². The number of carbonyl (C=O) groups excluding carboxylic acids is 2. The molecule has 0 bridgehead atoms. The van der Waals surface area contributed by atoms with Crippen LogP contribution >= 0.6 is 0 Å². The van der Waals surface area contributed by atoms with E-state index in [1.165, 1.54) is 24.9 Å². The van der Waals surface area contributed by atoms with Gasteiger partial charge in [-0.2, -0.15) is 0 Å². The first-order valence-corrected chi connectivity index (χ1v) is 10.2. The van der Waals surface area contributed by atoms with E-state index in [1.54, 1.807) is 43.1 Å². The third-order valence-corrected chi connectivity index (χ3v) is 5.07. The van der Waals surface area contributed by atoms with Gasteiger partial charge in [0.1, 0.15) is 0 Å². The fourth-order valence-electron chi connectivity index (χ4n) is 3.65. The third kappa shape index (κ3) is 5.50. The highest BCUT2D eigenvalue weighted by atomic mass is 16.5. The third-order valence-electron chi connectivity index (χ3n) is 5.07. The van der Waals surface area contributed by atoms with E-state index < -0.39 is 6.09 Å². The molecular weight excluding hydrogens is 366 g/mol. The van der Waals surface area contributed by atoms with Crippen LogP contribution in [0.1, 0.15) is 42.1 Å². The SMILES string of the molecule is CCOC(=O)Nc1cccc(C(=O)N(C)Cc2ccccc2N2CCCCC2)c1. The lowest BCUT2D eigenvalue weighted by molar-refractivity contribution is 0.0785. The maximum Gasteiger partial charge on any atom is 0.411 e. The van der Waals surface area contributed by atoms with Crippen LogP contribution < -0.4 is 10.2 Å². The molecule has 1 aliphatic heterocycles. The smallest absolute Gasteiger partial charge is 0.411 e. The van der Waals surface area contributed by atoms with Gasteiger partial charge in [-0.05, 0) is 56.0 Å². The minimum Gasteiger partial charge on any atom is -0.450 e. The highest BCUT2D eigenvalue weighted by Gasteiger charge is 2.18. The fourth-order valence-corrected chi connectivity index (χ4v) is 3.65. The number of hydrogen-bond donors (Lipinski definition) is 1. The fraction of sp³-hybridized carbons (Fsp3) is 0.391. The van der Waals surface area contributed by atoms with Crippen LogP contribution in [-0.4, -0.2) is 43.6 Å². The second-order valence-corrected chi connectivity index (χ2v) is 7.26. The summed E-state index contributed by atoms with van der Waals surface area (Å²) < 4.78 is 4.89. The molecule has 0 aromatic heterocycles. The Bertz CT molecular complexity index is 847. The summed E-state index contributed by atoms with van der Waals surface area (Å²) in [6, 6.07) is 15.2. The number of nitrogens with zero attached hydrogens (tertiary/aromatic N) is 2. The molecule has 0 unspecified atom stereocenters. The summed E-state index contributed by atoms with van der Waals surface area (Å²) in [6.45, 7) is 4.70. The minimum atomic E-state index is -0.527. The van der Waals surface area contributed by atoms with Crippen LogP contribution in [0, 0.1) is 0 Å². The number of para-hydroxylation sites is 1. The van der Waals surface area contributed by atoms with Crippen LogP contribution in [-0.2, 0) is 11.3 Å². The number of anilines is 2. The molecule has 0 spiro atoms. The van der Waals surface area contributed by atoms with E-state index in [0.29, 0.717) is 24.4 Å². The first-order valence-electron chi connectivity index (χ1n) is 10.2. The first-order chi connectivity index (χ1) is 14.1. The molecule has 1 heterocycles. The van der Waals surface area contributed by atoms with E-state index in [4.69, 9.17) is 4.74 Å². The van der Waals surface area contributed by atoms with Crippen LogP contribution in [0.3, 0.4) is 0 Å². The largest absolute Gasteiger partial charge is 0.450 e. The number of nitrogens with one attached hydrogen (secondary N) is 1. The standard InChI is InChI=1S/C23H29N3O3/c1-3-29-23(28)24-20-12-9-11-18(16-20)22(27)25(2)17-19-10-5-6-13-21(19)26-14-7-4-8-15-26/h5-6,9-13,16H,3-4,7-8,14-15,17H2,1-2H3,(H,24,28). The van der Waals surface area contributed by atoms with Gasteiger partial charge in [-0.25, -0.2) is 4.79 Å². The molecule has 0 radical (unpaired) electrons. The molecule has 2 aromatic carbocycles. The molecular formula is C23H29N3O3. The molecule has 1 saturated heterocycles. The topological polar surface area (TPSA) is 61.9 Å². The molecule has 0 atom stereocenters. The van der Waals surface area contributed by atoms with Crippen LogP contribution in [0.5, 0.6) is 0 Å². The Labute approximate surface area is 172 Å². The zero-order chi connectivity index (χ0) is 20.6. The van der Waals surface area contributed by atoms with Gasteiger partial charge < -0.3 is 14.5 Å². The number of ether oxygens (including phenoxy) is 1. The second kappa shape index (κ2) is 9.96. The Balaban J connectivity index is 1.71. The van der Waals surface area contributed by atoms with E-state index in [1.807, 2.05) is 6.07 Å². The van der Waals surface area contributed by atoms with Gasteiger partial charge in [0.25, 0.3) is 5.91 Å². The van der Waals surface area contributed by atoms with Crippen LogP contribution in [0.25, 0.3) is 0 Å². The summed E-state index contributed by atoms with van der Waals surface area (Å²) in [5, 5.41) is 2.64. The molecule has 2 amide bonds. The van der Waals surface area contributed by atoms with E-state index in [9.17, 15) is 9.59 Å². The summed E-state index contributed by atoms with van der Waals surface area (Å²) in [7, 11) is 1.81. The summed E-state index contributed by atoms with van der Waals surface area (Å²) in [5.74, 6) is -0.0917. The van der Waals surface area contributed by atoms with Crippen molar-refractivity contribution in [2.24, 2.45) is 0 Å². The number of piperidine rings is 1. The molecule has 1 fully saturated rings. The van der Waals surface area contributed by atoms with Crippen molar-refractivity contribution in [1.29, 1.82) is 0 Å². The van der Waals surface area contributed by atoms with Gasteiger partial charge in [-0.15, -0.1) is 0 Å². The number of rotatable bonds is 6. The normalized spacial score (nSPS) is 13.7. The molecule has 3 rings (SSSR count). The summed E-state index contributed by atoms with van der Waals surface area (Å²) >= 11 is 0. The Morgan fingerprint density at radius 1 is 1.07 bits per heavy atom. The Kier molecular flexibility index (Phi) is 7.11. The summed E-state index contributed by atoms with van der Waals surface area (Å²) in [4.78, 5) is 28.7. The maximum absolute atomic E-state index is 13.0. The predicted molar refractivity (Wildman–Crippen MR) is 115 cm³/mol. The van der Waals surface area contributed by atoms with Gasteiger partial charge in [-0.1, -0.05) is 24.3 Å². The lowest BCUT2D eigenvalue weighted by atomic mass is 10.1. The van der Waals surface area contributed by atoms with E-state index >= 15 is 0 Å². The van der Waals surface area contributed by atoms with Gasteiger partial charge in [0.05, 0.1) is 6.61 Å². The van der Waals surface area contributed by atoms with Gasteiger partial charge in [0.15, 0.2) is 0 Å². The predicted octanol–water partition coefficient (Wildman–Crippen LogP) is 4.52. The Hall–Kier alpha value is -3.02. The number of hydrogen-bond acceptors (Lipinski definition) is 4. The zero-order valence-electron chi connectivity index (χ0n) is 17.2. The van der Waals surface area contributed by atoms with E-state index in [-0.39, 0.29) is 5.91 Å². The number of amides is 2. The lowest BCUT2D eigenvalue weighted by Crippen LogP contribution is -2.32. The molecule has 1 aliphatic rings. The molecule has 6 nitrogen and oxygen atoms in total. The molecule has 0 aliphatic carbocycles. The average Bonchev–Trinajstić information content (AvgIpc) is 2.74. The minimum absolute atomic E-state index is 0.0917. The van der Waals surface area contributed by atoms with Crippen molar-refractivity contribution >= 4 is 23.4 Å². The monoisotopic (exact) mass is 395 g/mol. The van der Waals surface area contributed by atoms with Crippen molar-refractivity contribution in [2.45, 2.75) is 32.7 Å². The quantitative estimate of drug-likeness (QED) is 0.781. The van der Waals surface area contributed by atoms with Crippen molar-refractivity contribution in [1.82, 2.24) is 4.90 Å². The summed E-state index contributed by atoms with van der Waals surface area (Å²) in [6.07, 6.45) is 3.18. The lowest BCUT2D eigenvalue weighted by Gasteiger charge is -2.31. The number of benzene rings is 2. The Morgan fingerprint density at radius 3 is 2.59 bits per heavy atom. The van der Waals surface area contributed by atoms with Crippen molar-refractivity contribution < 1.29 is 14.3 Å². The van der Waals surface area contributed by atoms with Crippen LogP contribution in [0.2, 0.25) is 0 Å². The van der Waals surface area contributed by atoms with Crippen LogP contribution in [0.4, 0.5) is 16.2 Å². The Morgan fingerprint density at radius 2 is 1.83 bits per heavy atom. The second-order valence-electron chi connectivity index (χ2n) is 7.26. The first kappa shape index (κ1) is 20.7. The van der Waals surface area contributed by atoms with Crippen molar-refractivity contribution in [2.75, 3.05) is 37.0 Å². The summed E-state index contributed by atoms with van der Waals surface area (Å²) in [5.41, 5.74) is 3.42. The molecule has 1 N–H and O–H groups in total. The van der Waals surface area contributed by atoms with Crippen LogP contribution in [0.15, 0.2) is 48.5 Å². The van der Waals surface area contributed by atoms with E-state index in [2.05, 4.69) is 28.4 Å². The van der Waals surface area contributed by atoms with Crippen molar-refractivity contribution in [3.05, 3.63) is 59.7 Å². The van der Waals surface area contributed by atoms with Gasteiger partial charge in [0, 0.05) is 43.6 Å². The average molecular weight is 396 g/mol. The van der Waals surface area contributed by atoms with Crippen molar-refractivity contribution in [3.8, 4) is 0 Å². The zero-order valence-corrected chi connectivity index (χ0v) is 17.2. The number of carbonyl (C=O) groups is 2. The van der Waals surface area contributed by atoms with Gasteiger partial charge in [0.2, 0.25) is 0 Å². The molecule has 2 aromatic rings. The molecule has 29 heavy (non-hydrogen) atoms. The van der Waals surface area contributed by atoms with Gasteiger partial charge >= 0.3 is 6.09 Å². The maximum atomic E-state index is 13.0. The molecule has 6 heteroatoms. The molecule has 0 saturated carbocycles.